The van der Waals surface area contributed by atoms with Gasteiger partial charge in [0.25, 0.3) is 0 Å². The molecule has 1 heterocycles. The zero-order valence-corrected chi connectivity index (χ0v) is 12.2. The highest BCUT2D eigenvalue weighted by Gasteiger charge is 2.56. The SMILES string of the molecule is CN(Cc1ncccn1)C(=O)C1(C2CCCCC2)CC1. The summed E-state index contributed by atoms with van der Waals surface area (Å²) in [6, 6.07) is 1.80. The summed E-state index contributed by atoms with van der Waals surface area (Å²) in [5, 5.41) is 0. The number of amides is 1. The van der Waals surface area contributed by atoms with E-state index in [-0.39, 0.29) is 5.41 Å². The number of hydrogen-bond acceptors (Lipinski definition) is 3. The van der Waals surface area contributed by atoms with Gasteiger partial charge in [-0.05, 0) is 37.7 Å². The Kier molecular flexibility index (Phi) is 3.72. The average Bonchev–Trinajstić information content (AvgIpc) is 3.30. The monoisotopic (exact) mass is 273 g/mol. The van der Waals surface area contributed by atoms with Gasteiger partial charge in [0, 0.05) is 19.4 Å². The van der Waals surface area contributed by atoms with Crippen molar-refractivity contribution in [3.63, 3.8) is 0 Å². The van der Waals surface area contributed by atoms with Crippen molar-refractivity contribution in [3.05, 3.63) is 24.3 Å². The first-order valence-electron chi connectivity index (χ1n) is 7.74. The Morgan fingerprint density at radius 2 is 1.90 bits per heavy atom. The van der Waals surface area contributed by atoms with Crippen LogP contribution < -0.4 is 0 Å². The van der Waals surface area contributed by atoms with Gasteiger partial charge in [0.15, 0.2) is 0 Å². The average molecular weight is 273 g/mol. The van der Waals surface area contributed by atoms with E-state index in [4.69, 9.17) is 0 Å². The van der Waals surface area contributed by atoms with Crippen molar-refractivity contribution in [1.29, 1.82) is 0 Å². The fraction of sp³-hybridized carbons (Fsp3) is 0.688. The van der Waals surface area contributed by atoms with Crippen LogP contribution in [0.3, 0.4) is 0 Å². The first kappa shape index (κ1) is 13.5. The zero-order chi connectivity index (χ0) is 14.0. The van der Waals surface area contributed by atoms with E-state index in [1.165, 1.54) is 32.1 Å². The molecule has 0 unspecified atom stereocenters. The third-order valence-corrected chi connectivity index (χ3v) is 4.95. The summed E-state index contributed by atoms with van der Waals surface area (Å²) in [5.41, 5.74) is -0.0377. The molecule has 2 aliphatic carbocycles. The van der Waals surface area contributed by atoms with Crippen LogP contribution in [0.5, 0.6) is 0 Å². The fourth-order valence-corrected chi connectivity index (χ4v) is 3.66. The van der Waals surface area contributed by atoms with Crippen LogP contribution in [-0.4, -0.2) is 27.8 Å². The second kappa shape index (κ2) is 5.51. The van der Waals surface area contributed by atoms with Gasteiger partial charge in [-0.15, -0.1) is 0 Å². The van der Waals surface area contributed by atoms with Gasteiger partial charge in [-0.25, -0.2) is 9.97 Å². The molecule has 4 nitrogen and oxygen atoms in total. The summed E-state index contributed by atoms with van der Waals surface area (Å²) in [6.07, 6.45) is 12.0. The number of aromatic nitrogens is 2. The number of nitrogens with zero attached hydrogens (tertiary/aromatic N) is 3. The molecule has 20 heavy (non-hydrogen) atoms. The predicted octanol–water partition coefficient (Wildman–Crippen LogP) is 2.80. The first-order valence-corrected chi connectivity index (χ1v) is 7.74. The van der Waals surface area contributed by atoms with Crippen LogP contribution in [0.2, 0.25) is 0 Å². The van der Waals surface area contributed by atoms with Crippen molar-refractivity contribution in [2.45, 2.75) is 51.5 Å². The van der Waals surface area contributed by atoms with Crippen LogP contribution in [0.25, 0.3) is 0 Å². The smallest absolute Gasteiger partial charge is 0.229 e. The molecule has 0 spiro atoms. The highest BCUT2D eigenvalue weighted by Crippen LogP contribution is 2.57. The normalized spacial score (nSPS) is 21.4. The Bertz CT molecular complexity index is 464. The molecule has 2 fully saturated rings. The molecule has 1 amide bonds. The molecule has 0 N–H and O–H groups in total. The second-order valence-electron chi connectivity index (χ2n) is 6.32. The molecular formula is C16H23N3O. The standard InChI is InChI=1S/C16H23N3O/c1-19(12-14-17-10-5-11-18-14)15(20)16(8-9-16)13-6-3-2-4-7-13/h5,10-11,13H,2-4,6-9,12H2,1H3. The Balaban J connectivity index is 1.65. The maximum absolute atomic E-state index is 12.8. The Hall–Kier alpha value is -1.45. The van der Waals surface area contributed by atoms with Crippen LogP contribution in [0.15, 0.2) is 18.5 Å². The van der Waals surface area contributed by atoms with Crippen LogP contribution in [0.4, 0.5) is 0 Å². The molecule has 1 aromatic heterocycles. The molecule has 2 aliphatic rings. The van der Waals surface area contributed by atoms with Gasteiger partial charge in [0.2, 0.25) is 5.91 Å². The largest absolute Gasteiger partial charge is 0.338 e. The minimum atomic E-state index is -0.0377. The lowest BCUT2D eigenvalue weighted by Crippen LogP contribution is -2.38. The Morgan fingerprint density at radius 3 is 2.50 bits per heavy atom. The van der Waals surface area contributed by atoms with Crippen molar-refractivity contribution in [1.82, 2.24) is 14.9 Å². The highest BCUT2D eigenvalue weighted by atomic mass is 16.2. The molecule has 0 aliphatic heterocycles. The predicted molar refractivity (Wildman–Crippen MR) is 76.7 cm³/mol. The van der Waals surface area contributed by atoms with Gasteiger partial charge in [-0.3, -0.25) is 4.79 Å². The minimum absolute atomic E-state index is 0.0377. The van der Waals surface area contributed by atoms with E-state index in [1.54, 1.807) is 18.5 Å². The number of rotatable bonds is 4. The van der Waals surface area contributed by atoms with Gasteiger partial charge < -0.3 is 4.90 Å². The van der Waals surface area contributed by atoms with Gasteiger partial charge >= 0.3 is 0 Å². The molecule has 0 radical (unpaired) electrons. The molecule has 108 valence electrons. The molecule has 0 atom stereocenters. The van der Waals surface area contributed by atoms with Crippen molar-refractivity contribution in [2.75, 3.05) is 7.05 Å². The van der Waals surface area contributed by atoms with Crippen molar-refractivity contribution >= 4 is 5.91 Å². The second-order valence-corrected chi connectivity index (χ2v) is 6.32. The third kappa shape index (κ3) is 2.56. The highest BCUT2D eigenvalue weighted by molar-refractivity contribution is 5.85. The lowest BCUT2D eigenvalue weighted by atomic mass is 9.77. The molecule has 0 aromatic carbocycles. The van der Waals surface area contributed by atoms with E-state index in [2.05, 4.69) is 9.97 Å². The van der Waals surface area contributed by atoms with Crippen LogP contribution in [0, 0.1) is 11.3 Å². The van der Waals surface area contributed by atoms with Gasteiger partial charge in [-0.2, -0.15) is 0 Å². The summed E-state index contributed by atoms with van der Waals surface area (Å²) in [7, 11) is 1.89. The fourth-order valence-electron chi connectivity index (χ4n) is 3.66. The lowest BCUT2D eigenvalue weighted by Gasteiger charge is -2.32. The molecular weight excluding hydrogens is 250 g/mol. The van der Waals surface area contributed by atoms with Gasteiger partial charge in [0.1, 0.15) is 5.82 Å². The van der Waals surface area contributed by atoms with Crippen LogP contribution in [0.1, 0.15) is 50.8 Å². The van der Waals surface area contributed by atoms with E-state index in [1.807, 2.05) is 11.9 Å². The summed E-state index contributed by atoms with van der Waals surface area (Å²) < 4.78 is 0. The summed E-state index contributed by atoms with van der Waals surface area (Å²) in [4.78, 5) is 23.1. The first-order chi connectivity index (χ1) is 9.72. The Labute approximate surface area is 120 Å². The van der Waals surface area contributed by atoms with Crippen LogP contribution in [-0.2, 0) is 11.3 Å². The van der Waals surface area contributed by atoms with E-state index in [0.717, 1.165) is 18.7 Å². The summed E-state index contributed by atoms with van der Waals surface area (Å²) in [5.74, 6) is 1.66. The van der Waals surface area contributed by atoms with Gasteiger partial charge in [0.05, 0.1) is 12.0 Å². The van der Waals surface area contributed by atoms with Crippen LogP contribution >= 0.6 is 0 Å². The maximum atomic E-state index is 12.8. The number of hydrogen-bond donors (Lipinski definition) is 0. The van der Waals surface area contributed by atoms with E-state index in [0.29, 0.717) is 18.4 Å². The van der Waals surface area contributed by atoms with Gasteiger partial charge in [-0.1, -0.05) is 19.3 Å². The summed E-state index contributed by atoms with van der Waals surface area (Å²) >= 11 is 0. The van der Waals surface area contributed by atoms with Crippen molar-refractivity contribution in [3.8, 4) is 0 Å². The lowest BCUT2D eigenvalue weighted by molar-refractivity contribution is -0.139. The molecule has 3 rings (SSSR count). The number of carbonyl (C=O) groups excluding carboxylic acids is 1. The van der Waals surface area contributed by atoms with Crippen molar-refractivity contribution < 1.29 is 4.79 Å². The minimum Gasteiger partial charge on any atom is -0.338 e. The van der Waals surface area contributed by atoms with E-state index < -0.39 is 0 Å². The Morgan fingerprint density at radius 1 is 1.25 bits per heavy atom. The molecule has 0 bridgehead atoms. The molecule has 2 saturated carbocycles. The maximum Gasteiger partial charge on any atom is 0.229 e. The topological polar surface area (TPSA) is 46.1 Å². The van der Waals surface area contributed by atoms with Crippen molar-refractivity contribution in [2.24, 2.45) is 11.3 Å². The third-order valence-electron chi connectivity index (χ3n) is 4.95. The van der Waals surface area contributed by atoms with E-state index >= 15 is 0 Å². The van der Waals surface area contributed by atoms with E-state index in [9.17, 15) is 4.79 Å². The summed E-state index contributed by atoms with van der Waals surface area (Å²) in [6.45, 7) is 0.522. The molecule has 1 aromatic rings. The zero-order valence-electron chi connectivity index (χ0n) is 12.2. The molecule has 0 saturated heterocycles. The molecule has 4 heteroatoms. The number of carbonyl (C=O) groups is 1. The quantitative estimate of drug-likeness (QED) is 0.847.